The second kappa shape index (κ2) is 9.02. The molecular formula is C28H21Cl2N3O. The summed E-state index contributed by atoms with van der Waals surface area (Å²) in [6, 6.07) is 26.9. The van der Waals surface area contributed by atoms with Gasteiger partial charge in [0.15, 0.2) is 5.78 Å². The first-order chi connectivity index (χ1) is 16.5. The maximum Gasteiger partial charge on any atom is 0.162 e. The molecule has 0 unspecified atom stereocenters. The largest absolute Gasteiger partial charge is 0.384 e. The van der Waals surface area contributed by atoms with Gasteiger partial charge in [-0.25, -0.2) is 0 Å². The highest BCUT2D eigenvalue weighted by Crippen LogP contribution is 2.50. The van der Waals surface area contributed by atoms with E-state index in [0.717, 1.165) is 11.3 Å². The minimum atomic E-state index is -0.628. The Balaban J connectivity index is 1.76. The van der Waals surface area contributed by atoms with E-state index < -0.39 is 5.92 Å². The highest BCUT2D eigenvalue weighted by atomic mass is 35.5. The van der Waals surface area contributed by atoms with E-state index in [0.29, 0.717) is 45.3 Å². The first kappa shape index (κ1) is 22.3. The highest BCUT2D eigenvalue weighted by Gasteiger charge is 2.43. The van der Waals surface area contributed by atoms with Crippen molar-refractivity contribution in [2.75, 3.05) is 4.90 Å². The number of nitrogens with two attached hydrogens (primary N) is 1. The van der Waals surface area contributed by atoms with Crippen molar-refractivity contribution in [1.82, 2.24) is 0 Å². The molecule has 0 fully saturated rings. The zero-order valence-corrected chi connectivity index (χ0v) is 19.7. The number of rotatable bonds is 3. The second-order valence-corrected chi connectivity index (χ2v) is 9.27. The van der Waals surface area contributed by atoms with Crippen LogP contribution in [0.15, 0.2) is 102 Å². The van der Waals surface area contributed by atoms with Crippen LogP contribution >= 0.6 is 23.2 Å². The van der Waals surface area contributed by atoms with Crippen LogP contribution in [0.3, 0.4) is 0 Å². The van der Waals surface area contributed by atoms with Crippen molar-refractivity contribution in [2.45, 2.75) is 24.7 Å². The normalized spacial score (nSPS) is 20.3. The van der Waals surface area contributed by atoms with Gasteiger partial charge in [0.25, 0.3) is 0 Å². The molecule has 0 saturated heterocycles. The lowest BCUT2D eigenvalue weighted by Crippen LogP contribution is -2.40. The van der Waals surface area contributed by atoms with Gasteiger partial charge in [-0.1, -0.05) is 83.9 Å². The molecule has 1 heterocycles. The standard InChI is InChI=1S/C28H21Cl2N3O/c29-21-11-5-4-10-19(21)26-20(16-31)28(32)33(23-13-7-6-12-22(23)30)24-14-18(15-25(34)27(24)26)17-8-2-1-3-9-17/h1-13,18,26H,14-15,32H2/t18-,26+/m0/s1. The average molecular weight is 486 g/mol. The molecule has 0 saturated carbocycles. The van der Waals surface area contributed by atoms with Crippen LogP contribution < -0.4 is 10.6 Å². The van der Waals surface area contributed by atoms with E-state index in [9.17, 15) is 10.1 Å². The first-order valence-electron chi connectivity index (χ1n) is 11.0. The summed E-state index contributed by atoms with van der Waals surface area (Å²) in [7, 11) is 0. The minimum absolute atomic E-state index is 0.0132. The van der Waals surface area contributed by atoms with Gasteiger partial charge in [0.2, 0.25) is 0 Å². The Kier molecular flexibility index (Phi) is 5.91. The lowest BCUT2D eigenvalue weighted by Gasteiger charge is -2.42. The number of anilines is 1. The van der Waals surface area contributed by atoms with Gasteiger partial charge in [-0.3, -0.25) is 9.69 Å². The van der Waals surface area contributed by atoms with Crippen molar-refractivity contribution < 1.29 is 4.79 Å². The van der Waals surface area contributed by atoms with Gasteiger partial charge in [-0.15, -0.1) is 0 Å². The van der Waals surface area contributed by atoms with Gasteiger partial charge in [-0.05, 0) is 41.7 Å². The molecule has 3 aromatic carbocycles. The molecule has 4 nitrogen and oxygen atoms in total. The molecule has 3 aromatic rings. The van der Waals surface area contributed by atoms with Gasteiger partial charge in [0.05, 0.1) is 28.3 Å². The summed E-state index contributed by atoms with van der Waals surface area (Å²) in [5, 5.41) is 11.2. The molecule has 0 amide bonds. The van der Waals surface area contributed by atoms with Gasteiger partial charge in [0, 0.05) is 22.7 Å². The zero-order valence-electron chi connectivity index (χ0n) is 18.2. The highest BCUT2D eigenvalue weighted by molar-refractivity contribution is 6.33. The summed E-state index contributed by atoms with van der Waals surface area (Å²) in [6.45, 7) is 0. The van der Waals surface area contributed by atoms with Crippen LogP contribution in [0.5, 0.6) is 0 Å². The molecule has 2 aliphatic rings. The van der Waals surface area contributed by atoms with Gasteiger partial charge >= 0.3 is 0 Å². The van der Waals surface area contributed by atoms with Crippen LogP contribution in [0, 0.1) is 11.3 Å². The first-order valence-corrected chi connectivity index (χ1v) is 11.8. The van der Waals surface area contributed by atoms with E-state index >= 15 is 0 Å². The Morgan fingerprint density at radius 3 is 2.21 bits per heavy atom. The monoisotopic (exact) mass is 485 g/mol. The number of nitriles is 1. The zero-order chi connectivity index (χ0) is 23.8. The molecule has 0 spiro atoms. The summed E-state index contributed by atoms with van der Waals surface area (Å²) >= 11 is 13.2. The van der Waals surface area contributed by atoms with Crippen molar-refractivity contribution in [2.24, 2.45) is 5.73 Å². The van der Waals surface area contributed by atoms with E-state index in [1.165, 1.54) is 0 Å². The SMILES string of the molecule is N#CC1=C(N)N(c2ccccc2Cl)C2=C(C(=O)C[C@@H](c3ccccc3)C2)[C@@H]1c1ccccc1Cl. The van der Waals surface area contributed by atoms with Crippen molar-refractivity contribution >= 4 is 34.7 Å². The minimum Gasteiger partial charge on any atom is -0.384 e. The summed E-state index contributed by atoms with van der Waals surface area (Å²) in [5.41, 5.74) is 10.7. The molecule has 0 radical (unpaired) electrons. The van der Waals surface area contributed by atoms with Crippen LogP contribution in [0.1, 0.15) is 35.8 Å². The molecule has 6 heteroatoms. The van der Waals surface area contributed by atoms with E-state index in [-0.39, 0.29) is 17.5 Å². The quantitative estimate of drug-likeness (QED) is 0.448. The van der Waals surface area contributed by atoms with Crippen LogP contribution in [-0.4, -0.2) is 5.78 Å². The van der Waals surface area contributed by atoms with Crippen molar-refractivity contribution in [3.05, 3.63) is 123 Å². The third-order valence-corrected chi connectivity index (χ3v) is 7.21. The van der Waals surface area contributed by atoms with E-state index in [1.807, 2.05) is 66.7 Å². The number of benzene rings is 3. The number of nitrogens with zero attached hydrogens (tertiary/aromatic N) is 2. The molecule has 0 aromatic heterocycles. The molecule has 0 bridgehead atoms. The number of carbonyl (C=O) groups is 1. The molecule has 5 rings (SSSR count). The maximum absolute atomic E-state index is 13.8. The molecule has 2 atom stereocenters. The Morgan fingerprint density at radius 1 is 0.882 bits per heavy atom. The fourth-order valence-corrected chi connectivity index (χ4v) is 5.48. The number of halogens is 2. The Bertz CT molecular complexity index is 1390. The molecule has 2 N–H and O–H groups in total. The predicted molar refractivity (Wildman–Crippen MR) is 135 cm³/mol. The Morgan fingerprint density at radius 2 is 1.53 bits per heavy atom. The van der Waals surface area contributed by atoms with Crippen molar-refractivity contribution in [3.8, 4) is 6.07 Å². The molecule has 1 aliphatic carbocycles. The third-order valence-electron chi connectivity index (χ3n) is 6.55. The van der Waals surface area contributed by atoms with Crippen LogP contribution in [0.2, 0.25) is 10.0 Å². The van der Waals surface area contributed by atoms with Crippen LogP contribution in [-0.2, 0) is 4.79 Å². The molecule has 34 heavy (non-hydrogen) atoms. The third kappa shape index (κ3) is 3.68. The number of para-hydroxylation sites is 1. The smallest absolute Gasteiger partial charge is 0.162 e. The van der Waals surface area contributed by atoms with Gasteiger partial charge < -0.3 is 5.73 Å². The lowest BCUT2D eigenvalue weighted by molar-refractivity contribution is -0.116. The van der Waals surface area contributed by atoms with Crippen molar-refractivity contribution in [3.63, 3.8) is 0 Å². The van der Waals surface area contributed by atoms with Gasteiger partial charge in [0.1, 0.15) is 5.82 Å². The Hall–Kier alpha value is -3.52. The fourth-order valence-electron chi connectivity index (χ4n) is 5.02. The molecular weight excluding hydrogens is 465 g/mol. The number of Topliss-reactive ketones (excluding diaryl/α,β-unsaturated/α-hetero) is 1. The fraction of sp³-hybridized carbons (Fsp3) is 0.143. The lowest BCUT2D eigenvalue weighted by atomic mass is 9.72. The second-order valence-electron chi connectivity index (χ2n) is 8.45. The van der Waals surface area contributed by atoms with Crippen LogP contribution in [0.25, 0.3) is 0 Å². The number of allylic oxidation sites excluding steroid dienone is 3. The topological polar surface area (TPSA) is 70.1 Å². The van der Waals surface area contributed by atoms with Crippen LogP contribution in [0.4, 0.5) is 5.69 Å². The Labute approximate surface area is 208 Å². The number of ketones is 1. The van der Waals surface area contributed by atoms with E-state index in [1.54, 1.807) is 17.0 Å². The summed E-state index contributed by atoms with van der Waals surface area (Å²) in [4.78, 5) is 15.6. The number of hydrogen-bond donors (Lipinski definition) is 1. The van der Waals surface area contributed by atoms with Crippen molar-refractivity contribution in [1.29, 1.82) is 5.26 Å². The number of hydrogen-bond acceptors (Lipinski definition) is 4. The van der Waals surface area contributed by atoms with Gasteiger partial charge in [-0.2, -0.15) is 5.26 Å². The predicted octanol–water partition coefficient (Wildman–Crippen LogP) is 6.69. The van der Waals surface area contributed by atoms with E-state index in [2.05, 4.69) is 6.07 Å². The maximum atomic E-state index is 13.8. The summed E-state index contributed by atoms with van der Waals surface area (Å²) in [6.07, 6.45) is 0.926. The summed E-state index contributed by atoms with van der Waals surface area (Å²) < 4.78 is 0. The van der Waals surface area contributed by atoms with E-state index in [4.69, 9.17) is 28.9 Å². The number of carbonyl (C=O) groups excluding carboxylic acids is 1. The average Bonchev–Trinajstić information content (AvgIpc) is 2.85. The molecule has 1 aliphatic heterocycles. The summed E-state index contributed by atoms with van der Waals surface area (Å²) in [5.74, 6) is -0.393. The molecule has 168 valence electrons.